The zero-order chi connectivity index (χ0) is 13.3. The van der Waals surface area contributed by atoms with Gasteiger partial charge in [-0.3, -0.25) is 9.69 Å². The third-order valence-corrected chi connectivity index (χ3v) is 5.43. The summed E-state index contributed by atoms with van der Waals surface area (Å²) in [7, 11) is 2.08. The Labute approximate surface area is 122 Å². The number of carbonyl (C=O) groups excluding carboxylic acids is 1. The van der Waals surface area contributed by atoms with E-state index in [2.05, 4.69) is 18.9 Å². The zero-order valence-electron chi connectivity index (χ0n) is 10.7. The number of likely N-dealkylation sites (N-methyl/N-ethyl adjacent to an activating group) is 1. The molecule has 2 rings (SSSR count). The first-order valence-electron chi connectivity index (χ1n) is 5.86. The Bertz CT molecular complexity index is 445. The van der Waals surface area contributed by atoms with E-state index in [4.69, 9.17) is 12.2 Å². The number of thioether (sulfide) groups is 2. The van der Waals surface area contributed by atoms with Crippen molar-refractivity contribution in [2.24, 2.45) is 0 Å². The van der Waals surface area contributed by atoms with Crippen LogP contribution >= 0.6 is 35.7 Å². The summed E-state index contributed by atoms with van der Waals surface area (Å²) in [6, 6.07) is 0. The third-order valence-electron chi connectivity index (χ3n) is 2.80. The molecule has 2 fully saturated rings. The van der Waals surface area contributed by atoms with Crippen LogP contribution in [-0.4, -0.2) is 45.4 Å². The SMILES string of the molecule is CCN1C(=O)C(=CC=C2SC(C)CN2C)SC1=S. The molecule has 0 spiro atoms. The van der Waals surface area contributed by atoms with Gasteiger partial charge in [-0.1, -0.05) is 30.9 Å². The van der Waals surface area contributed by atoms with Crippen molar-refractivity contribution >= 4 is 46.0 Å². The maximum absolute atomic E-state index is 12.0. The predicted octanol–water partition coefficient (Wildman–Crippen LogP) is 2.66. The van der Waals surface area contributed by atoms with Crippen molar-refractivity contribution in [1.29, 1.82) is 0 Å². The van der Waals surface area contributed by atoms with Crippen LogP contribution in [0.3, 0.4) is 0 Å². The first-order valence-corrected chi connectivity index (χ1v) is 7.96. The van der Waals surface area contributed by atoms with E-state index in [1.165, 1.54) is 16.8 Å². The molecule has 0 radical (unpaired) electrons. The minimum atomic E-state index is 0.0306. The number of thiocarbonyl (C=S) groups is 1. The minimum Gasteiger partial charge on any atom is -0.368 e. The van der Waals surface area contributed by atoms with Crippen LogP contribution in [0.15, 0.2) is 22.1 Å². The van der Waals surface area contributed by atoms with E-state index in [1.54, 1.807) is 4.90 Å². The molecule has 0 aromatic rings. The van der Waals surface area contributed by atoms with E-state index < -0.39 is 0 Å². The number of allylic oxidation sites excluding steroid dienone is 2. The molecular weight excluding hydrogens is 284 g/mol. The molecule has 2 heterocycles. The normalized spacial score (nSPS) is 29.2. The highest BCUT2D eigenvalue weighted by molar-refractivity contribution is 8.26. The van der Waals surface area contributed by atoms with E-state index in [0.717, 1.165) is 11.4 Å². The molecule has 18 heavy (non-hydrogen) atoms. The van der Waals surface area contributed by atoms with Crippen LogP contribution in [0.4, 0.5) is 0 Å². The highest BCUT2D eigenvalue weighted by Gasteiger charge is 2.30. The maximum Gasteiger partial charge on any atom is 0.266 e. The van der Waals surface area contributed by atoms with E-state index in [-0.39, 0.29) is 5.91 Å². The number of nitrogens with zero attached hydrogens (tertiary/aromatic N) is 2. The van der Waals surface area contributed by atoms with Gasteiger partial charge in [0.25, 0.3) is 5.91 Å². The Morgan fingerprint density at radius 3 is 2.72 bits per heavy atom. The summed E-state index contributed by atoms with van der Waals surface area (Å²) >= 11 is 8.40. The Morgan fingerprint density at radius 1 is 1.50 bits per heavy atom. The van der Waals surface area contributed by atoms with Crippen molar-refractivity contribution in [2.75, 3.05) is 20.1 Å². The van der Waals surface area contributed by atoms with Gasteiger partial charge in [-0.05, 0) is 19.1 Å². The number of hydrogen-bond donors (Lipinski definition) is 0. The zero-order valence-corrected chi connectivity index (χ0v) is 13.1. The molecule has 3 nitrogen and oxygen atoms in total. The molecule has 2 saturated heterocycles. The summed E-state index contributed by atoms with van der Waals surface area (Å²) in [5, 5.41) is 1.82. The van der Waals surface area contributed by atoms with Gasteiger partial charge in [0, 0.05) is 25.4 Å². The van der Waals surface area contributed by atoms with E-state index in [0.29, 0.717) is 16.1 Å². The van der Waals surface area contributed by atoms with Gasteiger partial charge in [-0.25, -0.2) is 0 Å². The van der Waals surface area contributed by atoms with E-state index >= 15 is 0 Å². The van der Waals surface area contributed by atoms with Gasteiger partial charge in [0.15, 0.2) is 0 Å². The molecule has 0 aromatic heterocycles. The molecule has 2 aliphatic rings. The molecule has 1 amide bonds. The molecule has 6 heteroatoms. The maximum atomic E-state index is 12.0. The molecule has 98 valence electrons. The average molecular weight is 300 g/mol. The third kappa shape index (κ3) is 2.75. The van der Waals surface area contributed by atoms with Crippen molar-refractivity contribution in [3.8, 4) is 0 Å². The molecular formula is C12H16N2OS3. The molecule has 2 aliphatic heterocycles. The lowest BCUT2D eigenvalue weighted by Gasteiger charge is -2.10. The van der Waals surface area contributed by atoms with Crippen LogP contribution in [0.25, 0.3) is 0 Å². The minimum absolute atomic E-state index is 0.0306. The lowest BCUT2D eigenvalue weighted by molar-refractivity contribution is -0.122. The predicted molar refractivity (Wildman–Crippen MR) is 83.4 cm³/mol. The number of hydrogen-bond acceptors (Lipinski definition) is 5. The highest BCUT2D eigenvalue weighted by Crippen LogP contribution is 2.34. The summed E-state index contributed by atoms with van der Waals surface area (Å²) in [6.07, 6.45) is 3.92. The first-order chi connectivity index (χ1) is 8.52. The second kappa shape index (κ2) is 5.67. The van der Waals surface area contributed by atoms with Crippen LogP contribution in [0.1, 0.15) is 13.8 Å². The second-order valence-electron chi connectivity index (χ2n) is 4.26. The average Bonchev–Trinajstić information content (AvgIpc) is 2.76. The second-order valence-corrected chi connectivity index (χ2v) is 7.40. The van der Waals surface area contributed by atoms with E-state index in [9.17, 15) is 4.79 Å². The van der Waals surface area contributed by atoms with Crippen LogP contribution in [0, 0.1) is 0 Å². The largest absolute Gasteiger partial charge is 0.368 e. The number of amides is 1. The molecule has 0 bridgehead atoms. The van der Waals surface area contributed by atoms with Crippen LogP contribution in [0.5, 0.6) is 0 Å². The summed E-state index contributed by atoms with van der Waals surface area (Å²) in [5.74, 6) is 0.0306. The summed E-state index contributed by atoms with van der Waals surface area (Å²) < 4.78 is 0.660. The first kappa shape index (κ1) is 14.0. The molecule has 0 N–H and O–H groups in total. The van der Waals surface area contributed by atoms with Crippen molar-refractivity contribution in [3.63, 3.8) is 0 Å². The summed E-state index contributed by atoms with van der Waals surface area (Å²) in [6.45, 7) is 5.84. The van der Waals surface area contributed by atoms with Gasteiger partial charge in [0.05, 0.1) is 9.93 Å². The van der Waals surface area contributed by atoms with Gasteiger partial charge >= 0.3 is 0 Å². The molecule has 0 aromatic carbocycles. The van der Waals surface area contributed by atoms with Crippen molar-refractivity contribution in [3.05, 3.63) is 22.1 Å². The topological polar surface area (TPSA) is 23.6 Å². The fraction of sp³-hybridized carbons (Fsp3) is 0.500. The van der Waals surface area contributed by atoms with Crippen LogP contribution < -0.4 is 0 Å². The van der Waals surface area contributed by atoms with Gasteiger partial charge in [-0.15, -0.1) is 11.8 Å². The number of carbonyl (C=O) groups is 1. The fourth-order valence-electron chi connectivity index (χ4n) is 1.91. The standard InChI is InChI=1S/C12H16N2OS3/c1-4-14-11(15)9(18-12(14)16)5-6-10-13(3)7-8(2)17-10/h5-6,8H,4,7H2,1-3H3. The monoisotopic (exact) mass is 300 g/mol. The van der Waals surface area contributed by atoms with Gasteiger partial charge in [0.1, 0.15) is 4.32 Å². The molecule has 1 unspecified atom stereocenters. The highest BCUT2D eigenvalue weighted by atomic mass is 32.2. The van der Waals surface area contributed by atoms with Crippen molar-refractivity contribution < 1.29 is 4.79 Å². The summed E-state index contributed by atoms with van der Waals surface area (Å²) in [5.41, 5.74) is 0. The Hall–Kier alpha value is -0.460. The smallest absolute Gasteiger partial charge is 0.266 e. The lowest BCUT2D eigenvalue weighted by Crippen LogP contribution is -2.27. The molecule has 0 saturated carbocycles. The van der Waals surface area contributed by atoms with Gasteiger partial charge < -0.3 is 4.90 Å². The molecule has 1 atom stereocenters. The molecule has 0 aliphatic carbocycles. The summed E-state index contributed by atoms with van der Waals surface area (Å²) in [4.78, 5) is 16.6. The van der Waals surface area contributed by atoms with Gasteiger partial charge in [0.2, 0.25) is 0 Å². The Kier molecular flexibility index (Phi) is 4.40. The Morgan fingerprint density at radius 2 is 2.22 bits per heavy atom. The fourth-order valence-corrected chi connectivity index (χ4v) is 4.35. The van der Waals surface area contributed by atoms with Crippen LogP contribution in [0.2, 0.25) is 0 Å². The van der Waals surface area contributed by atoms with Crippen molar-refractivity contribution in [1.82, 2.24) is 9.80 Å². The van der Waals surface area contributed by atoms with Crippen molar-refractivity contribution in [2.45, 2.75) is 19.1 Å². The quantitative estimate of drug-likeness (QED) is 0.576. The van der Waals surface area contributed by atoms with E-state index in [1.807, 2.05) is 30.8 Å². The number of rotatable bonds is 2. The van der Waals surface area contributed by atoms with Crippen LogP contribution in [-0.2, 0) is 4.79 Å². The lowest BCUT2D eigenvalue weighted by atomic mass is 10.4. The Balaban J connectivity index is 2.13. The van der Waals surface area contributed by atoms with Gasteiger partial charge in [-0.2, -0.15) is 0 Å².